The van der Waals surface area contributed by atoms with Gasteiger partial charge >= 0.3 is 36.2 Å². The van der Waals surface area contributed by atoms with E-state index in [-0.39, 0.29) is 29.9 Å². The quantitative estimate of drug-likeness (QED) is 0.0981. The highest BCUT2D eigenvalue weighted by Gasteiger charge is 2.48. The SMILES string of the molecule is CC(C)(C)OC(=O)[C@H](Cc1ccc(CN(Cc2cccc(CC3(C(=O)OC(C)(C)C)CCN(C(=O)OC(C)(C)C)CC3)c2)Cc2cccc(CC3(C(=O)OC(C)(C)C)CCN(C(=O)OC(C)(C)C)CC3)c2)cc1)[C@@H]1CCN(C(=O)OC(C)(C)C)C1. The van der Waals surface area contributed by atoms with Crippen molar-refractivity contribution in [3.63, 3.8) is 0 Å². The molecular formula is C69H102N4O12. The molecule has 470 valence electrons. The van der Waals surface area contributed by atoms with E-state index in [4.69, 9.17) is 28.4 Å². The highest BCUT2D eigenvalue weighted by atomic mass is 16.6. The fourth-order valence-corrected chi connectivity index (χ4v) is 11.4. The van der Waals surface area contributed by atoms with Gasteiger partial charge in [-0.2, -0.15) is 0 Å². The molecule has 0 aliphatic carbocycles. The normalized spacial score (nSPS) is 18.1. The number of benzene rings is 3. The van der Waals surface area contributed by atoms with Crippen molar-refractivity contribution in [3.8, 4) is 0 Å². The monoisotopic (exact) mass is 1180 g/mol. The summed E-state index contributed by atoms with van der Waals surface area (Å²) in [6.07, 6.45) is 2.48. The van der Waals surface area contributed by atoms with Crippen LogP contribution in [0.2, 0.25) is 0 Å². The predicted molar refractivity (Wildman–Crippen MR) is 329 cm³/mol. The zero-order chi connectivity index (χ0) is 63.1. The maximum absolute atomic E-state index is 14.3. The third-order valence-corrected chi connectivity index (χ3v) is 15.3. The first kappa shape index (κ1) is 68.0. The molecule has 85 heavy (non-hydrogen) atoms. The van der Waals surface area contributed by atoms with Crippen LogP contribution in [-0.4, -0.2) is 129 Å². The van der Waals surface area contributed by atoms with E-state index in [9.17, 15) is 28.8 Å². The molecule has 3 aromatic carbocycles. The van der Waals surface area contributed by atoms with Gasteiger partial charge in [-0.25, -0.2) is 14.4 Å². The first-order chi connectivity index (χ1) is 39.1. The van der Waals surface area contributed by atoms with Crippen LogP contribution in [-0.2, 0) is 81.7 Å². The van der Waals surface area contributed by atoms with Gasteiger partial charge in [0.15, 0.2) is 0 Å². The summed E-state index contributed by atoms with van der Waals surface area (Å²) in [6.45, 7) is 37.5. The van der Waals surface area contributed by atoms with Gasteiger partial charge in [0.25, 0.3) is 0 Å². The third-order valence-electron chi connectivity index (χ3n) is 15.3. The first-order valence-electron chi connectivity index (χ1n) is 30.7. The highest BCUT2D eigenvalue weighted by molar-refractivity contribution is 5.80. The summed E-state index contributed by atoms with van der Waals surface area (Å²) in [5.41, 5.74) is 0.337. The molecule has 0 radical (unpaired) electrons. The molecule has 3 aliphatic heterocycles. The van der Waals surface area contributed by atoms with E-state index in [0.717, 1.165) is 33.4 Å². The number of hydrogen-bond acceptors (Lipinski definition) is 13. The molecule has 0 unspecified atom stereocenters. The summed E-state index contributed by atoms with van der Waals surface area (Å²) in [5, 5.41) is 0. The maximum Gasteiger partial charge on any atom is 0.410 e. The van der Waals surface area contributed by atoms with Gasteiger partial charge in [0.05, 0.1) is 16.7 Å². The first-order valence-corrected chi connectivity index (χ1v) is 30.7. The van der Waals surface area contributed by atoms with E-state index in [0.29, 0.717) is 110 Å². The Morgan fingerprint density at radius 1 is 0.435 bits per heavy atom. The van der Waals surface area contributed by atoms with Crippen LogP contribution in [0.3, 0.4) is 0 Å². The zero-order valence-corrected chi connectivity index (χ0v) is 54.8. The van der Waals surface area contributed by atoms with E-state index in [1.807, 2.05) is 137 Å². The number of nitrogens with zero attached hydrogens (tertiary/aromatic N) is 4. The molecule has 0 aromatic heterocycles. The van der Waals surface area contributed by atoms with Crippen molar-refractivity contribution in [1.82, 2.24) is 19.6 Å². The third kappa shape index (κ3) is 21.3. The highest BCUT2D eigenvalue weighted by Crippen LogP contribution is 2.41. The second-order valence-electron chi connectivity index (χ2n) is 30.3. The lowest BCUT2D eigenvalue weighted by atomic mass is 9.73. The summed E-state index contributed by atoms with van der Waals surface area (Å²) >= 11 is 0. The number of ether oxygens (including phenoxy) is 6. The van der Waals surface area contributed by atoms with Gasteiger partial charge in [0.2, 0.25) is 0 Å². The molecule has 16 nitrogen and oxygen atoms in total. The molecule has 16 heteroatoms. The zero-order valence-electron chi connectivity index (χ0n) is 54.8. The Hall–Kier alpha value is -6.16. The Morgan fingerprint density at radius 2 is 0.776 bits per heavy atom. The standard InChI is InChI=1S/C69H102N4O12/c1-62(2,3)80-56(74)55(54-29-34-73(47-54)61(79)85-67(16,17)18)41-48-25-27-49(28-26-48)44-70(45-52-23-19-21-50(39-52)42-68(57(75)81-63(4,5)6)30-35-71(36-31-68)59(77)83-65(10,11)12)46-53-24-20-22-51(40-53)43-69(58(76)82-64(7,8)9)32-37-72(38-33-69)60(78)84-66(13,14)15/h19-28,39-40,54-55H,29-38,41-47H2,1-18H3/t54-,55-/m1/s1. The number of hydrogen-bond donors (Lipinski definition) is 0. The fourth-order valence-electron chi connectivity index (χ4n) is 11.4. The Bertz CT molecular complexity index is 2660. The molecule has 3 fully saturated rings. The molecule has 2 atom stereocenters. The number of rotatable bonds is 16. The van der Waals surface area contributed by atoms with Crippen molar-refractivity contribution in [1.29, 1.82) is 0 Å². The molecule has 3 amide bonds. The van der Waals surface area contributed by atoms with Gasteiger partial charge < -0.3 is 43.1 Å². The maximum atomic E-state index is 14.3. The molecule has 3 aliphatic rings. The number of likely N-dealkylation sites (tertiary alicyclic amines) is 3. The summed E-state index contributed by atoms with van der Waals surface area (Å²) in [4.78, 5) is 89.7. The van der Waals surface area contributed by atoms with Crippen molar-refractivity contribution >= 4 is 36.2 Å². The van der Waals surface area contributed by atoms with Crippen LogP contribution >= 0.6 is 0 Å². The Kier molecular flexibility index (Phi) is 21.5. The van der Waals surface area contributed by atoms with Gasteiger partial charge in [-0.05, 0) is 215 Å². The Balaban J connectivity index is 1.30. The molecular weight excluding hydrogens is 1080 g/mol. The lowest BCUT2D eigenvalue weighted by Crippen LogP contribution is -2.50. The largest absolute Gasteiger partial charge is 0.460 e. The van der Waals surface area contributed by atoms with E-state index >= 15 is 0 Å². The number of carbonyl (C=O) groups is 6. The van der Waals surface area contributed by atoms with E-state index < -0.39 is 62.5 Å². The van der Waals surface area contributed by atoms with Crippen LogP contribution in [0.15, 0.2) is 72.8 Å². The average Bonchev–Trinajstić information content (AvgIpc) is 3.52. The Labute approximate surface area is 508 Å². The minimum atomic E-state index is -0.868. The lowest BCUT2D eigenvalue weighted by Gasteiger charge is -2.41. The second kappa shape index (κ2) is 26.8. The van der Waals surface area contributed by atoms with E-state index in [2.05, 4.69) is 65.6 Å². The van der Waals surface area contributed by atoms with Gasteiger partial charge in [-0.15, -0.1) is 0 Å². The van der Waals surface area contributed by atoms with Crippen LogP contribution in [0.25, 0.3) is 0 Å². The average molecular weight is 1180 g/mol. The van der Waals surface area contributed by atoms with Gasteiger partial charge in [0.1, 0.15) is 33.6 Å². The van der Waals surface area contributed by atoms with Crippen molar-refractivity contribution in [3.05, 3.63) is 106 Å². The van der Waals surface area contributed by atoms with Crippen molar-refractivity contribution in [2.24, 2.45) is 22.7 Å². The van der Waals surface area contributed by atoms with Crippen molar-refractivity contribution in [2.45, 2.75) is 229 Å². The van der Waals surface area contributed by atoms with Crippen LogP contribution in [0, 0.1) is 22.7 Å². The molecule has 3 aromatic rings. The Morgan fingerprint density at radius 3 is 1.15 bits per heavy atom. The summed E-state index contributed by atoms with van der Waals surface area (Å²) < 4.78 is 35.4. The van der Waals surface area contributed by atoms with Crippen molar-refractivity contribution < 1.29 is 57.2 Å². The van der Waals surface area contributed by atoms with Crippen LogP contribution < -0.4 is 0 Å². The number of piperidine rings is 2. The number of amides is 3. The van der Waals surface area contributed by atoms with Crippen LogP contribution in [0.1, 0.15) is 190 Å². The topological polar surface area (TPSA) is 171 Å². The lowest BCUT2D eigenvalue weighted by molar-refractivity contribution is -0.171. The van der Waals surface area contributed by atoms with E-state index in [1.54, 1.807) is 14.7 Å². The summed E-state index contributed by atoms with van der Waals surface area (Å²) in [7, 11) is 0. The van der Waals surface area contributed by atoms with Crippen molar-refractivity contribution in [2.75, 3.05) is 39.3 Å². The number of esters is 3. The van der Waals surface area contributed by atoms with Crippen LogP contribution in [0.4, 0.5) is 14.4 Å². The summed E-state index contributed by atoms with van der Waals surface area (Å²) in [5.74, 6) is -1.42. The molecule has 0 N–H and O–H groups in total. The summed E-state index contributed by atoms with van der Waals surface area (Å²) in [6, 6.07) is 25.2. The minimum Gasteiger partial charge on any atom is -0.460 e. The molecule has 0 saturated carbocycles. The predicted octanol–water partition coefficient (Wildman–Crippen LogP) is 13.4. The fraction of sp³-hybridized carbons (Fsp3) is 0.652. The van der Waals surface area contributed by atoms with Crippen LogP contribution in [0.5, 0.6) is 0 Å². The molecule has 6 rings (SSSR count). The van der Waals surface area contributed by atoms with Gasteiger partial charge in [-0.1, -0.05) is 72.8 Å². The smallest absolute Gasteiger partial charge is 0.410 e. The molecule has 3 saturated heterocycles. The molecule has 3 heterocycles. The van der Waals surface area contributed by atoms with Gasteiger partial charge in [0, 0.05) is 58.9 Å². The second-order valence-corrected chi connectivity index (χ2v) is 30.3. The minimum absolute atomic E-state index is 0.114. The van der Waals surface area contributed by atoms with E-state index in [1.165, 1.54) is 0 Å². The van der Waals surface area contributed by atoms with Gasteiger partial charge in [-0.3, -0.25) is 19.3 Å². The molecule has 0 spiro atoms. The number of carbonyl (C=O) groups excluding carboxylic acids is 6. The molecule has 0 bridgehead atoms.